The Kier molecular flexibility index (Phi) is 3.19. The van der Waals surface area contributed by atoms with E-state index in [1.165, 1.54) is 0 Å². The standard InChI is InChI=1S/C12H17N5O3/c13-12-15-10-9(11(20)16-12)14-5-17(10)8-2-1-6(3-18)7(8)4-19/h5-8,18-19H,1-4H2,(H3,13,15,16,20)/t6-,7+,8-/m1/s1. The highest BCUT2D eigenvalue weighted by Gasteiger charge is 2.37. The Morgan fingerprint density at radius 3 is 2.90 bits per heavy atom. The lowest BCUT2D eigenvalue weighted by Crippen LogP contribution is -2.24. The zero-order chi connectivity index (χ0) is 14.3. The number of aliphatic hydroxyl groups is 2. The van der Waals surface area contributed by atoms with Crippen molar-refractivity contribution in [3.05, 3.63) is 16.7 Å². The second kappa shape index (κ2) is 4.88. The van der Waals surface area contributed by atoms with E-state index in [1.807, 2.05) is 0 Å². The molecule has 1 aliphatic rings. The lowest BCUT2D eigenvalue weighted by atomic mass is 9.95. The Hall–Kier alpha value is -1.93. The fourth-order valence-corrected chi connectivity index (χ4v) is 3.16. The quantitative estimate of drug-likeness (QED) is 0.585. The van der Waals surface area contributed by atoms with Gasteiger partial charge in [0.2, 0.25) is 5.95 Å². The molecule has 2 aromatic rings. The first kappa shape index (κ1) is 13.1. The van der Waals surface area contributed by atoms with Gasteiger partial charge in [-0.05, 0) is 18.8 Å². The van der Waals surface area contributed by atoms with Crippen LogP contribution >= 0.6 is 0 Å². The molecule has 0 bridgehead atoms. The van der Waals surface area contributed by atoms with Crippen molar-refractivity contribution in [2.45, 2.75) is 18.9 Å². The third-order valence-corrected chi connectivity index (χ3v) is 4.19. The number of nitrogens with zero attached hydrogens (tertiary/aromatic N) is 3. The van der Waals surface area contributed by atoms with Gasteiger partial charge in [-0.25, -0.2) is 4.98 Å². The first-order chi connectivity index (χ1) is 9.65. The number of aromatic nitrogens is 4. The number of H-pyrrole nitrogens is 1. The van der Waals surface area contributed by atoms with Gasteiger partial charge in [-0.1, -0.05) is 0 Å². The molecule has 108 valence electrons. The molecule has 1 saturated carbocycles. The maximum Gasteiger partial charge on any atom is 0.280 e. The summed E-state index contributed by atoms with van der Waals surface area (Å²) >= 11 is 0. The zero-order valence-electron chi connectivity index (χ0n) is 10.9. The van der Waals surface area contributed by atoms with Crippen LogP contribution in [0.15, 0.2) is 11.1 Å². The van der Waals surface area contributed by atoms with Gasteiger partial charge in [0, 0.05) is 25.2 Å². The van der Waals surface area contributed by atoms with Crippen molar-refractivity contribution < 1.29 is 10.2 Å². The molecule has 1 fully saturated rings. The minimum Gasteiger partial charge on any atom is -0.396 e. The molecule has 2 heterocycles. The number of rotatable bonds is 3. The number of nitrogen functional groups attached to an aromatic ring is 1. The molecule has 0 radical (unpaired) electrons. The Bertz CT molecular complexity index is 679. The minimum absolute atomic E-state index is 0.0196. The van der Waals surface area contributed by atoms with Crippen LogP contribution in [-0.4, -0.2) is 42.9 Å². The summed E-state index contributed by atoms with van der Waals surface area (Å²) in [5.41, 5.74) is 5.87. The number of nitrogens with one attached hydrogen (secondary N) is 1. The highest BCUT2D eigenvalue weighted by molar-refractivity contribution is 5.70. The number of hydrogen-bond donors (Lipinski definition) is 4. The number of fused-ring (bicyclic) bond motifs is 1. The molecule has 20 heavy (non-hydrogen) atoms. The molecule has 1 aliphatic carbocycles. The molecule has 3 atom stereocenters. The van der Waals surface area contributed by atoms with E-state index in [1.54, 1.807) is 10.9 Å². The highest BCUT2D eigenvalue weighted by Crippen LogP contribution is 2.40. The largest absolute Gasteiger partial charge is 0.396 e. The second-order valence-electron chi connectivity index (χ2n) is 5.21. The number of hydrogen-bond acceptors (Lipinski definition) is 6. The molecule has 0 saturated heterocycles. The first-order valence-electron chi connectivity index (χ1n) is 6.59. The fraction of sp³-hybridized carbons (Fsp3) is 0.583. The Labute approximate surface area is 114 Å². The Morgan fingerprint density at radius 1 is 1.40 bits per heavy atom. The number of imidazole rings is 1. The summed E-state index contributed by atoms with van der Waals surface area (Å²) in [6, 6.07) is -0.0316. The van der Waals surface area contributed by atoms with Gasteiger partial charge in [0.05, 0.1) is 6.33 Å². The SMILES string of the molecule is Nc1nc2c(ncn2[C@@H]2CC[C@H](CO)[C@@H]2CO)c(=O)[nH]1. The van der Waals surface area contributed by atoms with Crippen LogP contribution in [0, 0.1) is 11.8 Å². The predicted molar refractivity (Wildman–Crippen MR) is 72.0 cm³/mol. The number of anilines is 1. The molecular formula is C12H17N5O3. The van der Waals surface area contributed by atoms with Gasteiger partial charge in [-0.3, -0.25) is 9.78 Å². The van der Waals surface area contributed by atoms with Crippen LogP contribution in [0.5, 0.6) is 0 Å². The minimum atomic E-state index is -0.372. The summed E-state index contributed by atoms with van der Waals surface area (Å²) in [4.78, 5) is 22.4. The van der Waals surface area contributed by atoms with Gasteiger partial charge >= 0.3 is 0 Å². The third-order valence-electron chi connectivity index (χ3n) is 4.19. The summed E-state index contributed by atoms with van der Waals surface area (Å²) < 4.78 is 1.79. The van der Waals surface area contributed by atoms with E-state index in [4.69, 9.17) is 5.73 Å². The molecule has 0 spiro atoms. The lowest BCUT2D eigenvalue weighted by Gasteiger charge is -2.22. The van der Waals surface area contributed by atoms with E-state index in [9.17, 15) is 15.0 Å². The number of aromatic amines is 1. The molecule has 0 amide bonds. The van der Waals surface area contributed by atoms with Crippen molar-refractivity contribution in [1.82, 2.24) is 19.5 Å². The van der Waals surface area contributed by atoms with E-state index in [0.717, 1.165) is 12.8 Å². The third kappa shape index (κ3) is 1.88. The normalized spacial score (nSPS) is 26.4. The molecule has 5 N–H and O–H groups in total. The van der Waals surface area contributed by atoms with Crippen LogP contribution in [0.3, 0.4) is 0 Å². The molecule has 8 heteroatoms. The van der Waals surface area contributed by atoms with E-state index in [0.29, 0.717) is 5.65 Å². The average molecular weight is 279 g/mol. The topological polar surface area (TPSA) is 130 Å². The van der Waals surface area contributed by atoms with Crippen LogP contribution in [0.1, 0.15) is 18.9 Å². The zero-order valence-corrected chi connectivity index (χ0v) is 10.9. The van der Waals surface area contributed by atoms with Gasteiger partial charge in [0.15, 0.2) is 11.2 Å². The van der Waals surface area contributed by atoms with E-state index < -0.39 is 0 Å². The number of aliphatic hydroxyl groups excluding tert-OH is 2. The summed E-state index contributed by atoms with van der Waals surface area (Å²) in [5.74, 6) is 0.0306. The highest BCUT2D eigenvalue weighted by atomic mass is 16.3. The summed E-state index contributed by atoms with van der Waals surface area (Å²) in [5, 5.41) is 18.9. The lowest BCUT2D eigenvalue weighted by molar-refractivity contribution is 0.121. The van der Waals surface area contributed by atoms with Crippen molar-refractivity contribution in [3.63, 3.8) is 0 Å². The molecule has 0 unspecified atom stereocenters. The van der Waals surface area contributed by atoms with Crippen LogP contribution in [0.2, 0.25) is 0 Å². The van der Waals surface area contributed by atoms with Crippen molar-refractivity contribution >= 4 is 17.1 Å². The molecular weight excluding hydrogens is 262 g/mol. The van der Waals surface area contributed by atoms with E-state index in [2.05, 4.69) is 15.0 Å². The molecule has 8 nitrogen and oxygen atoms in total. The van der Waals surface area contributed by atoms with E-state index in [-0.39, 0.29) is 48.1 Å². The average Bonchev–Trinajstić information content (AvgIpc) is 3.00. The molecule has 0 aromatic carbocycles. The summed E-state index contributed by atoms with van der Waals surface area (Å²) in [6.07, 6.45) is 3.18. The maximum absolute atomic E-state index is 11.8. The Balaban J connectivity index is 2.09. The Morgan fingerprint density at radius 2 is 2.20 bits per heavy atom. The molecule has 3 rings (SSSR count). The van der Waals surface area contributed by atoms with Crippen molar-refractivity contribution in [2.24, 2.45) is 11.8 Å². The fourth-order valence-electron chi connectivity index (χ4n) is 3.16. The van der Waals surface area contributed by atoms with Gasteiger partial charge in [-0.2, -0.15) is 4.98 Å². The maximum atomic E-state index is 11.8. The summed E-state index contributed by atoms with van der Waals surface area (Å²) in [7, 11) is 0. The van der Waals surface area contributed by atoms with Gasteiger partial charge < -0.3 is 20.5 Å². The van der Waals surface area contributed by atoms with Crippen LogP contribution in [-0.2, 0) is 0 Å². The smallest absolute Gasteiger partial charge is 0.280 e. The van der Waals surface area contributed by atoms with Crippen molar-refractivity contribution in [3.8, 4) is 0 Å². The van der Waals surface area contributed by atoms with Gasteiger partial charge in [0.1, 0.15) is 0 Å². The number of nitrogens with two attached hydrogens (primary N) is 1. The van der Waals surface area contributed by atoms with Crippen LogP contribution in [0.25, 0.3) is 11.2 Å². The van der Waals surface area contributed by atoms with Crippen LogP contribution in [0.4, 0.5) is 5.95 Å². The van der Waals surface area contributed by atoms with Crippen molar-refractivity contribution in [2.75, 3.05) is 18.9 Å². The van der Waals surface area contributed by atoms with E-state index >= 15 is 0 Å². The van der Waals surface area contributed by atoms with Gasteiger partial charge in [0.25, 0.3) is 5.56 Å². The predicted octanol–water partition coefficient (Wildman–Crippen LogP) is -0.746. The summed E-state index contributed by atoms with van der Waals surface area (Å²) in [6.45, 7) is 0.0265. The second-order valence-corrected chi connectivity index (χ2v) is 5.21. The van der Waals surface area contributed by atoms with Gasteiger partial charge in [-0.15, -0.1) is 0 Å². The van der Waals surface area contributed by atoms with Crippen molar-refractivity contribution in [1.29, 1.82) is 0 Å². The molecule has 2 aromatic heterocycles. The first-order valence-corrected chi connectivity index (χ1v) is 6.59. The van der Waals surface area contributed by atoms with Crippen LogP contribution < -0.4 is 11.3 Å². The monoisotopic (exact) mass is 279 g/mol. The molecule has 0 aliphatic heterocycles.